The maximum absolute atomic E-state index is 13.6. The number of methoxy groups -OCH3 is 1. The van der Waals surface area contributed by atoms with Crippen LogP contribution in [0, 0.1) is 23.2 Å². The zero-order valence-electron chi connectivity index (χ0n) is 26.4. The molecule has 2 N–H and O–H groups in total. The highest BCUT2D eigenvalue weighted by atomic mass is 16.7. The maximum Gasteiger partial charge on any atom is 0.494 e. The van der Waals surface area contributed by atoms with Gasteiger partial charge >= 0.3 is 13.2 Å². The Balaban J connectivity index is 1.55. The van der Waals surface area contributed by atoms with Crippen molar-refractivity contribution in [2.24, 2.45) is 11.8 Å². The summed E-state index contributed by atoms with van der Waals surface area (Å²) in [7, 11) is 0.828. The Morgan fingerprint density at radius 1 is 1.12 bits per heavy atom. The highest BCUT2D eigenvalue weighted by Crippen LogP contribution is 2.36. The van der Waals surface area contributed by atoms with E-state index >= 15 is 0 Å². The fourth-order valence-corrected chi connectivity index (χ4v) is 4.98. The van der Waals surface area contributed by atoms with Crippen molar-refractivity contribution in [3.8, 4) is 17.3 Å². The molecule has 2 heterocycles. The van der Waals surface area contributed by atoms with Gasteiger partial charge in [0.15, 0.2) is 0 Å². The molecule has 0 aliphatic carbocycles. The minimum absolute atomic E-state index is 0.161. The number of aromatic amines is 1. The van der Waals surface area contributed by atoms with Gasteiger partial charge in [-0.05, 0) is 62.3 Å². The second-order valence-corrected chi connectivity index (χ2v) is 12.5. The average molecular weight is 588 g/mol. The zero-order valence-corrected chi connectivity index (χ0v) is 26.4. The number of aromatic nitrogens is 2. The van der Waals surface area contributed by atoms with Crippen LogP contribution in [0.5, 0.6) is 0 Å². The fraction of sp³-hybridized carbons (Fsp3) is 0.500. The van der Waals surface area contributed by atoms with Gasteiger partial charge in [-0.25, -0.2) is 9.78 Å². The van der Waals surface area contributed by atoms with Crippen LogP contribution in [0.2, 0.25) is 0 Å². The molecule has 1 aliphatic heterocycles. The number of amides is 2. The first-order chi connectivity index (χ1) is 20.3. The molecule has 1 fully saturated rings. The third-order valence-corrected chi connectivity index (χ3v) is 8.49. The summed E-state index contributed by atoms with van der Waals surface area (Å²) in [5.74, 6) is -0.262. The van der Waals surface area contributed by atoms with Gasteiger partial charge in [0, 0.05) is 12.1 Å². The SMILES string of the molecule is CC[C@H](C#N)CN(Cc1ncc(-c2ccc3cc(B4OC(C)(C)C(C)(C)O4)ccc3c2)[nH]1)C(=O)[C@@H](NC(=O)OC)C(C)C. The summed E-state index contributed by atoms with van der Waals surface area (Å²) in [6.07, 6.45) is 1.65. The lowest BCUT2D eigenvalue weighted by Gasteiger charge is -2.32. The molecule has 0 saturated carbocycles. The monoisotopic (exact) mass is 587 g/mol. The predicted molar refractivity (Wildman–Crippen MR) is 166 cm³/mol. The Bertz CT molecular complexity index is 1500. The number of benzene rings is 2. The van der Waals surface area contributed by atoms with Gasteiger partial charge in [-0.15, -0.1) is 0 Å². The molecule has 2 atom stereocenters. The number of fused-ring (bicyclic) bond motifs is 1. The summed E-state index contributed by atoms with van der Waals surface area (Å²) in [6.45, 7) is 14.2. The van der Waals surface area contributed by atoms with E-state index in [2.05, 4.69) is 45.6 Å². The molecule has 0 unspecified atom stereocenters. The molecule has 228 valence electrons. The predicted octanol–water partition coefficient (Wildman–Crippen LogP) is 4.79. The summed E-state index contributed by atoms with van der Waals surface area (Å²) in [4.78, 5) is 35.0. The number of imidazole rings is 1. The first kappa shape index (κ1) is 32.0. The van der Waals surface area contributed by atoms with Crippen LogP contribution in [-0.4, -0.2) is 64.9 Å². The van der Waals surface area contributed by atoms with Crippen molar-refractivity contribution in [2.45, 2.75) is 78.7 Å². The zero-order chi connectivity index (χ0) is 31.5. The number of ether oxygens (including phenoxy) is 1. The lowest BCUT2D eigenvalue weighted by Crippen LogP contribution is -2.52. The van der Waals surface area contributed by atoms with Gasteiger partial charge in [-0.2, -0.15) is 5.26 Å². The van der Waals surface area contributed by atoms with Gasteiger partial charge in [0.25, 0.3) is 0 Å². The van der Waals surface area contributed by atoms with Crippen LogP contribution in [-0.2, 0) is 25.4 Å². The van der Waals surface area contributed by atoms with Crippen molar-refractivity contribution in [2.75, 3.05) is 13.7 Å². The molecular formula is C32H42BN5O5. The average Bonchev–Trinajstić information content (AvgIpc) is 3.53. The minimum Gasteiger partial charge on any atom is -0.453 e. The number of nitrogens with zero attached hydrogens (tertiary/aromatic N) is 3. The van der Waals surface area contributed by atoms with Crippen molar-refractivity contribution in [1.82, 2.24) is 20.2 Å². The Kier molecular flexibility index (Phi) is 9.52. The summed E-state index contributed by atoms with van der Waals surface area (Å²) >= 11 is 0. The van der Waals surface area contributed by atoms with Crippen LogP contribution in [0.1, 0.15) is 60.7 Å². The molecule has 2 amide bonds. The lowest BCUT2D eigenvalue weighted by atomic mass is 9.78. The normalized spacial score (nSPS) is 17.0. The number of rotatable bonds is 10. The van der Waals surface area contributed by atoms with E-state index in [0.29, 0.717) is 12.2 Å². The van der Waals surface area contributed by atoms with Crippen LogP contribution in [0.4, 0.5) is 4.79 Å². The molecule has 11 heteroatoms. The number of hydrogen-bond acceptors (Lipinski definition) is 7. The quantitative estimate of drug-likeness (QED) is 0.327. The molecule has 0 radical (unpaired) electrons. The number of nitriles is 1. The highest BCUT2D eigenvalue weighted by Gasteiger charge is 2.51. The van der Waals surface area contributed by atoms with E-state index in [0.717, 1.165) is 27.5 Å². The van der Waals surface area contributed by atoms with E-state index in [1.54, 1.807) is 11.1 Å². The number of carbonyl (C=O) groups excluding carboxylic acids is 2. The van der Waals surface area contributed by atoms with E-state index in [1.165, 1.54) is 7.11 Å². The molecule has 2 aromatic carbocycles. The van der Waals surface area contributed by atoms with Crippen LogP contribution in [0.3, 0.4) is 0 Å². The van der Waals surface area contributed by atoms with Crippen molar-refractivity contribution in [3.63, 3.8) is 0 Å². The van der Waals surface area contributed by atoms with E-state index in [-0.39, 0.29) is 30.8 Å². The maximum atomic E-state index is 13.6. The number of nitrogens with one attached hydrogen (secondary N) is 2. The van der Waals surface area contributed by atoms with Gasteiger partial charge in [-0.3, -0.25) is 4.79 Å². The van der Waals surface area contributed by atoms with Crippen molar-refractivity contribution in [3.05, 3.63) is 48.4 Å². The standard InChI is InChI=1S/C32H42BN5O5/c1-9-21(16-34)18-38(29(39)28(20(2)3)37-30(40)41-8)19-27-35-17-26(36-27)24-11-10-23-15-25(13-12-22(23)14-24)33-42-31(4,5)32(6,7)43-33/h10-15,17,20-21,28H,9,18-19H2,1-8H3,(H,35,36)(H,37,40)/t21-,28+/m1/s1. The second kappa shape index (κ2) is 12.8. The van der Waals surface area contributed by atoms with Crippen LogP contribution in [0.25, 0.3) is 22.0 Å². The Morgan fingerprint density at radius 3 is 2.37 bits per heavy atom. The molecule has 43 heavy (non-hydrogen) atoms. The van der Waals surface area contributed by atoms with E-state index in [4.69, 9.17) is 14.0 Å². The van der Waals surface area contributed by atoms with Gasteiger partial charge < -0.3 is 29.2 Å². The molecule has 1 aromatic heterocycles. The molecule has 1 saturated heterocycles. The smallest absolute Gasteiger partial charge is 0.453 e. The highest BCUT2D eigenvalue weighted by molar-refractivity contribution is 6.62. The number of H-pyrrole nitrogens is 1. The fourth-order valence-electron chi connectivity index (χ4n) is 4.98. The molecule has 3 aromatic rings. The molecular weight excluding hydrogens is 545 g/mol. The molecule has 0 spiro atoms. The van der Waals surface area contributed by atoms with E-state index in [1.807, 2.05) is 60.6 Å². The summed E-state index contributed by atoms with van der Waals surface area (Å²) in [5, 5.41) is 14.4. The molecule has 10 nitrogen and oxygen atoms in total. The molecule has 1 aliphatic rings. The van der Waals surface area contributed by atoms with Crippen molar-refractivity contribution in [1.29, 1.82) is 5.26 Å². The summed E-state index contributed by atoms with van der Waals surface area (Å²) in [5.41, 5.74) is 1.91. The third-order valence-electron chi connectivity index (χ3n) is 8.49. The summed E-state index contributed by atoms with van der Waals surface area (Å²) < 4.78 is 17.2. The Morgan fingerprint density at radius 2 is 1.77 bits per heavy atom. The number of alkyl carbamates (subject to hydrolysis) is 1. The van der Waals surface area contributed by atoms with E-state index < -0.39 is 30.5 Å². The first-order valence-corrected chi connectivity index (χ1v) is 14.7. The third kappa shape index (κ3) is 7.03. The van der Waals surface area contributed by atoms with Crippen LogP contribution >= 0.6 is 0 Å². The topological polar surface area (TPSA) is 130 Å². The number of hydrogen-bond donors (Lipinski definition) is 2. The Labute approximate surface area is 254 Å². The van der Waals surface area contributed by atoms with Gasteiger partial charge in [0.2, 0.25) is 5.91 Å². The largest absolute Gasteiger partial charge is 0.494 e. The van der Waals surface area contributed by atoms with Gasteiger partial charge in [0.05, 0.1) is 48.7 Å². The Hall–Kier alpha value is -3.88. The minimum atomic E-state index is -0.805. The van der Waals surface area contributed by atoms with Crippen molar-refractivity contribution >= 4 is 35.4 Å². The second-order valence-electron chi connectivity index (χ2n) is 12.5. The van der Waals surface area contributed by atoms with Crippen LogP contribution in [0.15, 0.2) is 42.6 Å². The van der Waals surface area contributed by atoms with Crippen LogP contribution < -0.4 is 10.8 Å². The molecule has 4 rings (SSSR count). The van der Waals surface area contributed by atoms with E-state index in [9.17, 15) is 14.9 Å². The first-order valence-electron chi connectivity index (χ1n) is 14.7. The molecule has 0 bridgehead atoms. The number of carbonyl (C=O) groups is 2. The van der Waals surface area contributed by atoms with Gasteiger partial charge in [0.1, 0.15) is 11.9 Å². The summed E-state index contributed by atoms with van der Waals surface area (Å²) in [6, 6.07) is 13.8. The van der Waals surface area contributed by atoms with Gasteiger partial charge in [-0.1, -0.05) is 51.1 Å². The van der Waals surface area contributed by atoms with Crippen molar-refractivity contribution < 1.29 is 23.6 Å². The lowest BCUT2D eigenvalue weighted by molar-refractivity contribution is -0.135.